The van der Waals surface area contributed by atoms with E-state index in [-0.39, 0.29) is 29.4 Å². The van der Waals surface area contributed by atoms with Crippen LogP contribution in [0.15, 0.2) is 30.3 Å². The molecule has 0 aliphatic carbocycles. The number of aromatic nitrogens is 1. The number of halogens is 1. The van der Waals surface area contributed by atoms with Crippen LogP contribution in [0.25, 0.3) is 0 Å². The topological polar surface area (TPSA) is 128 Å². The molecule has 1 aromatic heterocycles. The molecular weight excluding hydrogens is 343 g/mol. The zero-order valence-electron chi connectivity index (χ0n) is 13.9. The molecular formula is C17H17FN4O4. The zero-order valence-corrected chi connectivity index (χ0v) is 13.9. The highest BCUT2D eigenvalue weighted by molar-refractivity contribution is 5.98. The summed E-state index contributed by atoms with van der Waals surface area (Å²) in [5.74, 6) is -1.29. The lowest BCUT2D eigenvalue weighted by Gasteiger charge is -2.13. The van der Waals surface area contributed by atoms with Gasteiger partial charge in [-0.15, -0.1) is 0 Å². The lowest BCUT2D eigenvalue weighted by Crippen LogP contribution is -2.30. The molecule has 0 saturated heterocycles. The zero-order chi connectivity index (χ0) is 19.1. The first-order chi connectivity index (χ1) is 12.4. The number of anilines is 2. The highest BCUT2D eigenvalue weighted by Crippen LogP contribution is 2.23. The van der Waals surface area contributed by atoms with E-state index in [2.05, 4.69) is 15.8 Å². The molecule has 0 saturated carbocycles. The Balaban J connectivity index is 2.23. The largest absolute Gasteiger partial charge is 0.394 e. The Hall–Kier alpha value is -3.06. The lowest BCUT2D eigenvalue weighted by atomic mass is 10.2. The summed E-state index contributed by atoms with van der Waals surface area (Å²) >= 11 is 0. The van der Waals surface area contributed by atoms with Crippen molar-refractivity contribution in [3.8, 4) is 6.07 Å². The van der Waals surface area contributed by atoms with Crippen molar-refractivity contribution >= 4 is 17.4 Å². The molecule has 8 nitrogen and oxygen atoms in total. The Morgan fingerprint density at radius 1 is 1.42 bits per heavy atom. The maximum Gasteiger partial charge on any atom is 0.278 e. The third-order valence-electron chi connectivity index (χ3n) is 3.28. The van der Waals surface area contributed by atoms with Gasteiger partial charge in [0.05, 0.1) is 17.9 Å². The summed E-state index contributed by atoms with van der Waals surface area (Å²) in [6.45, 7) is 0.896. The normalized spacial score (nSPS) is 11.5. The second kappa shape index (κ2) is 8.87. The van der Waals surface area contributed by atoms with Gasteiger partial charge < -0.3 is 15.5 Å². The molecule has 2 aromatic rings. The van der Waals surface area contributed by atoms with E-state index in [4.69, 9.17) is 15.2 Å². The number of carbonyl (C=O) groups excluding carboxylic acids is 1. The molecule has 0 fully saturated rings. The van der Waals surface area contributed by atoms with Crippen LogP contribution < -0.4 is 10.8 Å². The number of aliphatic hydroxyl groups is 2. The number of carbonyl (C=O) groups is 1. The first kappa shape index (κ1) is 19.3. The predicted octanol–water partition coefficient (Wildman–Crippen LogP) is 1.16. The van der Waals surface area contributed by atoms with Crippen LogP contribution in [0.4, 0.5) is 15.9 Å². The van der Waals surface area contributed by atoms with E-state index < -0.39 is 24.4 Å². The number of hydroxylamine groups is 1. The van der Waals surface area contributed by atoms with E-state index in [1.165, 1.54) is 24.3 Å². The number of aryl methyl sites for hydroxylation is 1. The van der Waals surface area contributed by atoms with E-state index in [1.54, 1.807) is 13.0 Å². The number of hydrogen-bond donors (Lipinski definition) is 4. The van der Waals surface area contributed by atoms with Gasteiger partial charge in [-0.2, -0.15) is 5.26 Å². The van der Waals surface area contributed by atoms with Gasteiger partial charge >= 0.3 is 0 Å². The Kier molecular flexibility index (Phi) is 6.57. The Bertz CT molecular complexity index is 838. The summed E-state index contributed by atoms with van der Waals surface area (Å²) in [7, 11) is 0. The molecule has 1 atom stereocenters. The number of rotatable bonds is 7. The summed E-state index contributed by atoms with van der Waals surface area (Å²) in [6, 6.07) is 8.98. The molecule has 0 spiro atoms. The molecule has 2 rings (SSSR count). The highest BCUT2D eigenvalue weighted by Gasteiger charge is 2.16. The first-order valence-electron chi connectivity index (χ1n) is 7.60. The maximum absolute atomic E-state index is 14.0. The number of aliphatic hydroxyl groups excluding tert-OH is 2. The van der Waals surface area contributed by atoms with Crippen molar-refractivity contribution < 1.29 is 24.2 Å². The molecule has 4 N–H and O–H groups in total. The minimum absolute atomic E-state index is 0.00228. The minimum atomic E-state index is -1.14. The number of benzene rings is 1. The molecule has 1 amide bonds. The van der Waals surface area contributed by atoms with Gasteiger partial charge in [0.25, 0.3) is 5.91 Å². The summed E-state index contributed by atoms with van der Waals surface area (Å²) in [5, 5.41) is 29.6. The van der Waals surface area contributed by atoms with Crippen LogP contribution in [-0.4, -0.2) is 40.4 Å². The van der Waals surface area contributed by atoms with Crippen LogP contribution in [0.5, 0.6) is 0 Å². The molecule has 136 valence electrons. The number of nitrogens with one attached hydrogen (secondary N) is 2. The van der Waals surface area contributed by atoms with Crippen molar-refractivity contribution in [1.29, 1.82) is 5.26 Å². The standard InChI is InChI=1S/C17H17FN4O4/c1-10-2-5-15(14(18)6-10)21-16-13(4-3-11(7-19)20-16)17(25)22-26-9-12(24)8-23/h2-6,12,23-24H,8-9H2,1H3,(H,20,21)(H,22,25). The number of nitriles is 1. The van der Waals surface area contributed by atoms with Crippen molar-refractivity contribution in [2.24, 2.45) is 0 Å². The van der Waals surface area contributed by atoms with Crippen LogP contribution in [0.1, 0.15) is 21.6 Å². The van der Waals surface area contributed by atoms with Gasteiger partial charge in [-0.1, -0.05) is 6.07 Å². The molecule has 9 heteroatoms. The van der Waals surface area contributed by atoms with Gasteiger partial charge in [-0.05, 0) is 36.8 Å². The van der Waals surface area contributed by atoms with Crippen LogP contribution in [-0.2, 0) is 4.84 Å². The summed E-state index contributed by atoms with van der Waals surface area (Å²) in [6.07, 6.45) is -1.14. The highest BCUT2D eigenvalue weighted by atomic mass is 19.1. The fourth-order valence-electron chi connectivity index (χ4n) is 1.96. The van der Waals surface area contributed by atoms with Gasteiger partial charge in [0, 0.05) is 0 Å². The number of pyridine rings is 1. The number of hydrogen-bond acceptors (Lipinski definition) is 7. The molecule has 0 radical (unpaired) electrons. The third-order valence-corrected chi connectivity index (χ3v) is 3.28. The SMILES string of the molecule is Cc1ccc(Nc2nc(C#N)ccc2C(=O)NOCC(O)CO)c(F)c1. The Morgan fingerprint density at radius 2 is 2.19 bits per heavy atom. The van der Waals surface area contributed by atoms with Gasteiger partial charge in [-0.25, -0.2) is 14.9 Å². The van der Waals surface area contributed by atoms with Crippen LogP contribution in [0, 0.1) is 24.1 Å². The molecule has 0 aliphatic rings. The molecule has 0 aliphatic heterocycles. The molecule has 1 heterocycles. The average molecular weight is 360 g/mol. The van der Waals surface area contributed by atoms with Crippen molar-refractivity contribution in [3.05, 3.63) is 53.0 Å². The third kappa shape index (κ3) is 4.97. The monoisotopic (exact) mass is 360 g/mol. The number of amides is 1. The van der Waals surface area contributed by atoms with Crippen molar-refractivity contribution in [3.63, 3.8) is 0 Å². The van der Waals surface area contributed by atoms with Crippen molar-refractivity contribution in [1.82, 2.24) is 10.5 Å². The van der Waals surface area contributed by atoms with Crippen LogP contribution >= 0.6 is 0 Å². The molecule has 1 unspecified atom stereocenters. The van der Waals surface area contributed by atoms with E-state index in [0.29, 0.717) is 0 Å². The van der Waals surface area contributed by atoms with E-state index >= 15 is 0 Å². The fraction of sp³-hybridized carbons (Fsp3) is 0.235. The quantitative estimate of drug-likeness (QED) is 0.546. The molecule has 1 aromatic carbocycles. The maximum atomic E-state index is 14.0. The van der Waals surface area contributed by atoms with Gasteiger partial charge in [0.2, 0.25) is 0 Å². The summed E-state index contributed by atoms with van der Waals surface area (Å²) in [4.78, 5) is 21.0. The lowest BCUT2D eigenvalue weighted by molar-refractivity contribution is -0.0295. The molecule has 26 heavy (non-hydrogen) atoms. The minimum Gasteiger partial charge on any atom is -0.394 e. The smallest absolute Gasteiger partial charge is 0.278 e. The predicted molar refractivity (Wildman–Crippen MR) is 89.9 cm³/mol. The van der Waals surface area contributed by atoms with Crippen LogP contribution in [0.2, 0.25) is 0 Å². The first-order valence-corrected chi connectivity index (χ1v) is 7.60. The van der Waals surface area contributed by atoms with E-state index in [0.717, 1.165) is 5.56 Å². The van der Waals surface area contributed by atoms with Crippen molar-refractivity contribution in [2.75, 3.05) is 18.5 Å². The average Bonchev–Trinajstić information content (AvgIpc) is 2.63. The van der Waals surface area contributed by atoms with Gasteiger partial charge in [0.1, 0.15) is 36.1 Å². The summed E-state index contributed by atoms with van der Waals surface area (Å²) < 4.78 is 14.0. The number of nitrogens with zero attached hydrogens (tertiary/aromatic N) is 2. The van der Waals surface area contributed by atoms with Gasteiger partial charge in [-0.3, -0.25) is 9.63 Å². The van der Waals surface area contributed by atoms with Crippen molar-refractivity contribution in [2.45, 2.75) is 13.0 Å². The summed E-state index contributed by atoms with van der Waals surface area (Å²) in [5.41, 5.74) is 2.93. The Morgan fingerprint density at radius 3 is 2.85 bits per heavy atom. The van der Waals surface area contributed by atoms with Crippen LogP contribution in [0.3, 0.4) is 0 Å². The van der Waals surface area contributed by atoms with Gasteiger partial charge in [0.15, 0.2) is 0 Å². The second-order valence-electron chi connectivity index (χ2n) is 5.39. The Labute approximate surface area is 148 Å². The fourth-order valence-corrected chi connectivity index (χ4v) is 1.96. The molecule has 0 bridgehead atoms. The van der Waals surface area contributed by atoms with E-state index in [9.17, 15) is 14.3 Å². The second-order valence-corrected chi connectivity index (χ2v) is 5.39. The van der Waals surface area contributed by atoms with E-state index in [1.807, 2.05) is 6.07 Å².